The van der Waals surface area contributed by atoms with Crippen LogP contribution >= 0.6 is 15.2 Å². The third kappa shape index (κ3) is 1.90. The Morgan fingerprint density at radius 2 is 1.67 bits per heavy atom. The van der Waals surface area contributed by atoms with Gasteiger partial charge in [0.15, 0.2) is 0 Å². The van der Waals surface area contributed by atoms with E-state index in [2.05, 4.69) is 10.1 Å². The quantitative estimate of drug-likeness (QED) is 0.518. The molecule has 0 saturated carbocycles. The summed E-state index contributed by atoms with van der Waals surface area (Å²) in [6, 6.07) is 0. The predicted molar refractivity (Wildman–Crippen MR) is 47.8 cm³/mol. The Kier molecular flexibility index (Phi) is 2.90. The number of rotatable bonds is 3. The SMILES string of the molecule is CC(n1cncn1)(P(=O)(O)O)P(=O)(O)O. The van der Waals surface area contributed by atoms with Crippen molar-refractivity contribution in [2.24, 2.45) is 0 Å². The summed E-state index contributed by atoms with van der Waals surface area (Å²) < 4.78 is 22.7. The lowest BCUT2D eigenvalue weighted by Gasteiger charge is -2.30. The highest BCUT2D eigenvalue weighted by Crippen LogP contribution is 2.71. The number of aromatic nitrogens is 3. The Labute approximate surface area is 84.1 Å². The molecule has 0 aliphatic heterocycles. The smallest absolute Gasteiger partial charge is 0.322 e. The first kappa shape index (κ1) is 12.5. The predicted octanol–water partition coefficient (Wildman–Crippen LogP) is -0.736. The van der Waals surface area contributed by atoms with Gasteiger partial charge in [0.1, 0.15) is 12.7 Å². The Morgan fingerprint density at radius 3 is 1.93 bits per heavy atom. The van der Waals surface area contributed by atoms with E-state index < -0.39 is 20.2 Å². The van der Waals surface area contributed by atoms with E-state index in [4.69, 9.17) is 19.6 Å². The number of hydrogen-bond donors (Lipinski definition) is 4. The molecule has 11 heteroatoms. The summed E-state index contributed by atoms with van der Waals surface area (Å²) in [5, 5.41) is 0.617. The highest BCUT2D eigenvalue weighted by atomic mass is 31.2. The second-order valence-electron chi connectivity index (χ2n) is 2.90. The standard InChI is InChI=1S/C4H9N3O6P2/c1-4(14(8,9)10,15(11,12)13)7-3-5-2-6-7/h2-3H,1H3,(H2,8,9,10)(H2,11,12,13). The number of nitrogens with zero attached hydrogens (tertiary/aromatic N) is 3. The third-order valence-corrected chi connectivity index (χ3v) is 6.14. The summed E-state index contributed by atoms with van der Waals surface area (Å²) in [6.07, 6.45) is 1.75. The molecule has 1 heterocycles. The van der Waals surface area contributed by atoms with Crippen molar-refractivity contribution in [1.82, 2.24) is 14.8 Å². The molecule has 0 aliphatic carbocycles. The molecule has 1 aromatic rings. The van der Waals surface area contributed by atoms with Crippen LogP contribution in [0, 0.1) is 0 Å². The van der Waals surface area contributed by atoms with Gasteiger partial charge in [0.25, 0.3) is 5.02 Å². The van der Waals surface area contributed by atoms with Gasteiger partial charge in [-0.1, -0.05) is 0 Å². The van der Waals surface area contributed by atoms with Crippen LogP contribution in [0.15, 0.2) is 12.7 Å². The summed E-state index contributed by atoms with van der Waals surface area (Å²) >= 11 is 0. The van der Waals surface area contributed by atoms with Crippen LogP contribution in [0.4, 0.5) is 0 Å². The van der Waals surface area contributed by atoms with Gasteiger partial charge in [-0.2, -0.15) is 5.10 Å². The maximum atomic E-state index is 11.1. The van der Waals surface area contributed by atoms with Crippen molar-refractivity contribution < 1.29 is 28.7 Å². The van der Waals surface area contributed by atoms with Crippen molar-refractivity contribution in [2.45, 2.75) is 11.9 Å². The normalized spacial score (nSPS) is 14.2. The first-order valence-electron chi connectivity index (χ1n) is 3.57. The Morgan fingerprint density at radius 1 is 1.20 bits per heavy atom. The van der Waals surface area contributed by atoms with Crippen LogP contribution in [-0.4, -0.2) is 34.3 Å². The fraction of sp³-hybridized carbons (Fsp3) is 0.500. The molecule has 9 nitrogen and oxygen atoms in total. The average molecular weight is 257 g/mol. The van der Waals surface area contributed by atoms with E-state index in [1.807, 2.05) is 0 Å². The fourth-order valence-corrected chi connectivity index (χ4v) is 2.96. The molecule has 86 valence electrons. The first-order chi connectivity index (χ1) is 6.61. The van der Waals surface area contributed by atoms with Crippen molar-refractivity contribution in [1.29, 1.82) is 0 Å². The third-order valence-electron chi connectivity index (χ3n) is 1.96. The maximum absolute atomic E-state index is 11.1. The molecule has 1 rings (SSSR count). The van der Waals surface area contributed by atoms with Crippen molar-refractivity contribution in [3.63, 3.8) is 0 Å². The molecule has 0 unspecified atom stereocenters. The van der Waals surface area contributed by atoms with Crippen molar-refractivity contribution in [3.05, 3.63) is 12.7 Å². The maximum Gasteiger partial charge on any atom is 0.365 e. The molecule has 0 fully saturated rings. The first-order valence-corrected chi connectivity index (χ1v) is 6.79. The molecule has 0 bridgehead atoms. The van der Waals surface area contributed by atoms with Crippen LogP contribution in [0.2, 0.25) is 0 Å². The largest absolute Gasteiger partial charge is 0.365 e. The summed E-state index contributed by atoms with van der Waals surface area (Å²) in [6.45, 7) is 0.725. The molecule has 4 N–H and O–H groups in total. The van der Waals surface area contributed by atoms with Gasteiger partial charge in [0.05, 0.1) is 0 Å². The molecular weight excluding hydrogens is 248 g/mol. The van der Waals surface area contributed by atoms with Crippen LogP contribution in [-0.2, 0) is 14.2 Å². The molecular formula is C4H9N3O6P2. The van der Waals surface area contributed by atoms with E-state index in [0.29, 0.717) is 4.68 Å². The second-order valence-corrected chi connectivity index (χ2v) is 7.17. The Hall–Kier alpha value is -0.560. The van der Waals surface area contributed by atoms with Gasteiger partial charge in [0, 0.05) is 0 Å². The zero-order valence-corrected chi connectivity index (χ0v) is 9.28. The van der Waals surface area contributed by atoms with Crippen molar-refractivity contribution in [2.75, 3.05) is 0 Å². The molecule has 1 aromatic heterocycles. The minimum Gasteiger partial charge on any atom is -0.322 e. The second kappa shape index (κ2) is 3.48. The van der Waals surface area contributed by atoms with Gasteiger partial charge in [-0.15, -0.1) is 0 Å². The van der Waals surface area contributed by atoms with Crippen molar-refractivity contribution in [3.8, 4) is 0 Å². The van der Waals surface area contributed by atoms with Crippen LogP contribution in [0.1, 0.15) is 6.92 Å². The van der Waals surface area contributed by atoms with Gasteiger partial charge in [-0.3, -0.25) is 9.13 Å². The minimum absolute atomic E-state index is 0.467. The van der Waals surface area contributed by atoms with Crippen LogP contribution in [0.25, 0.3) is 0 Å². The van der Waals surface area contributed by atoms with E-state index in [1.165, 1.54) is 0 Å². The molecule has 0 spiro atoms. The van der Waals surface area contributed by atoms with Crippen molar-refractivity contribution >= 4 is 15.2 Å². The van der Waals surface area contributed by atoms with Crippen LogP contribution in [0.5, 0.6) is 0 Å². The van der Waals surface area contributed by atoms with E-state index in [-0.39, 0.29) is 0 Å². The monoisotopic (exact) mass is 257 g/mol. The van der Waals surface area contributed by atoms with Gasteiger partial charge in [-0.25, -0.2) is 9.67 Å². The molecule has 0 aliphatic rings. The topological polar surface area (TPSA) is 146 Å². The summed E-state index contributed by atoms with van der Waals surface area (Å²) in [5.74, 6) is 0. The molecule has 0 saturated heterocycles. The van der Waals surface area contributed by atoms with E-state index in [0.717, 1.165) is 19.6 Å². The zero-order valence-electron chi connectivity index (χ0n) is 7.50. The van der Waals surface area contributed by atoms with Gasteiger partial charge in [-0.05, 0) is 6.92 Å². The lowest BCUT2D eigenvalue weighted by Crippen LogP contribution is -2.30. The number of hydrogen-bond acceptors (Lipinski definition) is 4. The van der Waals surface area contributed by atoms with Gasteiger partial charge >= 0.3 is 15.2 Å². The van der Waals surface area contributed by atoms with Crippen LogP contribution < -0.4 is 0 Å². The zero-order chi connectivity index (χ0) is 11.9. The summed E-state index contributed by atoms with van der Waals surface area (Å²) in [5.41, 5.74) is 0. The molecule has 0 aromatic carbocycles. The minimum atomic E-state index is -5.10. The molecule has 15 heavy (non-hydrogen) atoms. The Bertz CT molecular complexity index is 409. The summed E-state index contributed by atoms with van der Waals surface area (Å²) in [4.78, 5) is 39.3. The van der Waals surface area contributed by atoms with E-state index in [1.54, 1.807) is 0 Å². The highest BCUT2D eigenvalue weighted by molar-refractivity contribution is 7.71. The molecule has 0 amide bonds. The van der Waals surface area contributed by atoms with Gasteiger partial charge < -0.3 is 19.6 Å². The Balaban J connectivity index is 3.47. The van der Waals surface area contributed by atoms with E-state index >= 15 is 0 Å². The lowest BCUT2D eigenvalue weighted by atomic mass is 10.7. The molecule has 0 atom stereocenters. The highest BCUT2D eigenvalue weighted by Gasteiger charge is 2.59. The summed E-state index contributed by atoms with van der Waals surface area (Å²) in [7, 11) is -10.2. The average Bonchev–Trinajstić information content (AvgIpc) is 2.49. The fourth-order valence-electron chi connectivity index (χ4n) is 0.864. The molecule has 0 radical (unpaired) electrons. The van der Waals surface area contributed by atoms with E-state index in [9.17, 15) is 9.13 Å². The van der Waals surface area contributed by atoms with Crippen LogP contribution in [0.3, 0.4) is 0 Å². The van der Waals surface area contributed by atoms with Gasteiger partial charge in [0.2, 0.25) is 0 Å². The lowest BCUT2D eigenvalue weighted by molar-refractivity contribution is 0.275.